The van der Waals surface area contributed by atoms with Crippen molar-refractivity contribution in [2.24, 2.45) is 5.92 Å². The van der Waals surface area contributed by atoms with Crippen LogP contribution in [0.15, 0.2) is 18.2 Å². The molecule has 70 valence electrons. The molecule has 1 aromatic rings. The van der Waals surface area contributed by atoms with Gasteiger partial charge in [-0.25, -0.2) is 4.39 Å². The molecule has 0 N–H and O–H groups in total. The lowest BCUT2D eigenvalue weighted by Gasteiger charge is -2.03. The Morgan fingerprint density at radius 3 is 2.85 bits per heavy atom. The van der Waals surface area contributed by atoms with Crippen LogP contribution in [0.1, 0.15) is 30.4 Å². The number of hydrogen-bond donors (Lipinski definition) is 0. The van der Waals surface area contributed by atoms with Gasteiger partial charge in [-0.2, -0.15) is 0 Å². The molecule has 0 spiro atoms. The molecule has 2 rings (SSSR count). The smallest absolute Gasteiger partial charge is 0.126 e. The molecule has 1 saturated carbocycles. The molecular weight excluding hydrogens is 163 g/mol. The van der Waals surface area contributed by atoms with E-state index in [0.29, 0.717) is 0 Å². The Morgan fingerprint density at radius 1 is 1.38 bits per heavy atom. The van der Waals surface area contributed by atoms with E-state index in [1.165, 1.54) is 19.3 Å². The number of aryl methyl sites for hydroxylation is 2. The predicted octanol–water partition coefficient (Wildman–Crippen LogP) is 3.48. The quantitative estimate of drug-likeness (QED) is 0.664. The molecule has 0 heterocycles. The van der Waals surface area contributed by atoms with Gasteiger partial charge >= 0.3 is 0 Å². The topological polar surface area (TPSA) is 0 Å². The van der Waals surface area contributed by atoms with Crippen molar-refractivity contribution in [2.75, 3.05) is 0 Å². The van der Waals surface area contributed by atoms with Crippen LogP contribution in [0.5, 0.6) is 0 Å². The molecular formula is C12H15F. The average Bonchev–Trinajstić information content (AvgIpc) is 2.90. The van der Waals surface area contributed by atoms with Gasteiger partial charge in [-0.3, -0.25) is 0 Å². The standard InChI is InChI=1S/C12H15F/c1-9-2-7-12(13)11(8-9)6-5-10-3-4-10/h2,7-8,10H,3-6H2,1H3. The van der Waals surface area contributed by atoms with Crippen LogP contribution in [0, 0.1) is 18.7 Å². The first-order valence-electron chi connectivity index (χ1n) is 5.01. The minimum absolute atomic E-state index is 0.0359. The highest BCUT2D eigenvalue weighted by Gasteiger charge is 2.20. The number of rotatable bonds is 3. The third-order valence-electron chi connectivity index (χ3n) is 2.72. The van der Waals surface area contributed by atoms with Crippen LogP contribution in [0.4, 0.5) is 4.39 Å². The van der Waals surface area contributed by atoms with Crippen molar-refractivity contribution in [3.8, 4) is 0 Å². The Kier molecular flexibility index (Phi) is 2.34. The van der Waals surface area contributed by atoms with Crippen molar-refractivity contribution in [3.05, 3.63) is 35.1 Å². The van der Waals surface area contributed by atoms with Crippen molar-refractivity contribution >= 4 is 0 Å². The lowest BCUT2D eigenvalue weighted by atomic mass is 10.0. The van der Waals surface area contributed by atoms with Crippen LogP contribution in [0.2, 0.25) is 0 Å². The molecule has 1 aliphatic carbocycles. The van der Waals surface area contributed by atoms with E-state index in [1.54, 1.807) is 6.07 Å². The molecule has 0 bridgehead atoms. The van der Waals surface area contributed by atoms with Gasteiger partial charge in [0, 0.05) is 0 Å². The van der Waals surface area contributed by atoms with E-state index in [1.807, 2.05) is 19.1 Å². The Balaban J connectivity index is 2.03. The van der Waals surface area contributed by atoms with E-state index >= 15 is 0 Å². The van der Waals surface area contributed by atoms with Crippen molar-refractivity contribution < 1.29 is 4.39 Å². The number of benzene rings is 1. The second kappa shape index (κ2) is 3.49. The maximum absolute atomic E-state index is 13.2. The minimum atomic E-state index is -0.0359. The van der Waals surface area contributed by atoms with Crippen molar-refractivity contribution in [2.45, 2.75) is 32.6 Å². The number of hydrogen-bond acceptors (Lipinski definition) is 0. The predicted molar refractivity (Wildman–Crippen MR) is 52.2 cm³/mol. The van der Waals surface area contributed by atoms with Crippen LogP contribution in [0.3, 0.4) is 0 Å². The fraction of sp³-hybridized carbons (Fsp3) is 0.500. The number of halogens is 1. The van der Waals surface area contributed by atoms with E-state index in [4.69, 9.17) is 0 Å². The molecule has 1 fully saturated rings. The normalized spacial score (nSPS) is 16.2. The summed E-state index contributed by atoms with van der Waals surface area (Å²) in [6, 6.07) is 5.38. The van der Waals surface area contributed by atoms with Gasteiger partial charge in [0.05, 0.1) is 0 Å². The van der Waals surface area contributed by atoms with Gasteiger partial charge in [-0.05, 0) is 37.3 Å². The Labute approximate surface area is 78.8 Å². The van der Waals surface area contributed by atoms with Crippen molar-refractivity contribution in [3.63, 3.8) is 0 Å². The molecule has 1 aliphatic rings. The fourth-order valence-electron chi connectivity index (χ4n) is 1.66. The summed E-state index contributed by atoms with van der Waals surface area (Å²) in [5.41, 5.74) is 2.05. The van der Waals surface area contributed by atoms with E-state index in [0.717, 1.165) is 23.5 Å². The zero-order chi connectivity index (χ0) is 9.26. The van der Waals surface area contributed by atoms with E-state index in [9.17, 15) is 4.39 Å². The second-order valence-corrected chi connectivity index (χ2v) is 4.08. The van der Waals surface area contributed by atoms with E-state index in [2.05, 4.69) is 0 Å². The van der Waals surface area contributed by atoms with E-state index < -0.39 is 0 Å². The lowest BCUT2D eigenvalue weighted by Crippen LogP contribution is -1.92. The molecule has 0 atom stereocenters. The SMILES string of the molecule is Cc1ccc(F)c(CCC2CC2)c1. The lowest BCUT2D eigenvalue weighted by molar-refractivity contribution is 0.597. The summed E-state index contributed by atoms with van der Waals surface area (Å²) in [4.78, 5) is 0. The molecule has 1 aromatic carbocycles. The van der Waals surface area contributed by atoms with Crippen LogP contribution in [-0.2, 0) is 6.42 Å². The van der Waals surface area contributed by atoms with Gasteiger partial charge in [0.2, 0.25) is 0 Å². The largest absolute Gasteiger partial charge is 0.207 e. The van der Waals surface area contributed by atoms with Crippen molar-refractivity contribution in [1.29, 1.82) is 0 Å². The second-order valence-electron chi connectivity index (χ2n) is 4.08. The average molecular weight is 178 g/mol. The maximum Gasteiger partial charge on any atom is 0.126 e. The monoisotopic (exact) mass is 178 g/mol. The summed E-state index contributed by atoms with van der Waals surface area (Å²) >= 11 is 0. The Hall–Kier alpha value is -0.850. The highest BCUT2D eigenvalue weighted by atomic mass is 19.1. The highest BCUT2D eigenvalue weighted by Crippen LogP contribution is 2.33. The first-order chi connectivity index (χ1) is 6.25. The third kappa shape index (κ3) is 2.30. The molecule has 0 aromatic heterocycles. The molecule has 0 saturated heterocycles. The zero-order valence-corrected chi connectivity index (χ0v) is 8.02. The molecule has 13 heavy (non-hydrogen) atoms. The van der Waals surface area contributed by atoms with Gasteiger partial charge in [0.15, 0.2) is 0 Å². The first kappa shape index (κ1) is 8.74. The molecule has 0 radical (unpaired) electrons. The zero-order valence-electron chi connectivity index (χ0n) is 8.02. The molecule has 1 heteroatoms. The summed E-state index contributed by atoms with van der Waals surface area (Å²) in [6.45, 7) is 2.01. The van der Waals surface area contributed by atoms with Gasteiger partial charge in [0.1, 0.15) is 5.82 Å². The van der Waals surface area contributed by atoms with Gasteiger partial charge < -0.3 is 0 Å². The van der Waals surface area contributed by atoms with Crippen LogP contribution >= 0.6 is 0 Å². The van der Waals surface area contributed by atoms with Crippen LogP contribution < -0.4 is 0 Å². The maximum atomic E-state index is 13.2. The van der Waals surface area contributed by atoms with Gasteiger partial charge in [0.25, 0.3) is 0 Å². The minimum Gasteiger partial charge on any atom is -0.207 e. The van der Waals surface area contributed by atoms with Crippen LogP contribution in [-0.4, -0.2) is 0 Å². The summed E-state index contributed by atoms with van der Waals surface area (Å²) < 4.78 is 13.2. The molecule has 0 aliphatic heterocycles. The van der Waals surface area contributed by atoms with E-state index in [-0.39, 0.29) is 5.82 Å². The van der Waals surface area contributed by atoms with Gasteiger partial charge in [-0.15, -0.1) is 0 Å². The summed E-state index contributed by atoms with van der Waals surface area (Å²) in [6.07, 6.45) is 4.79. The third-order valence-corrected chi connectivity index (χ3v) is 2.72. The highest BCUT2D eigenvalue weighted by molar-refractivity contribution is 5.24. The molecule has 0 unspecified atom stereocenters. The van der Waals surface area contributed by atoms with Gasteiger partial charge in [-0.1, -0.05) is 30.5 Å². The summed E-state index contributed by atoms with van der Waals surface area (Å²) in [5, 5.41) is 0. The fourth-order valence-corrected chi connectivity index (χ4v) is 1.66. The van der Waals surface area contributed by atoms with Crippen LogP contribution in [0.25, 0.3) is 0 Å². The summed E-state index contributed by atoms with van der Waals surface area (Å²) in [5.74, 6) is 0.853. The Morgan fingerprint density at radius 2 is 2.15 bits per heavy atom. The van der Waals surface area contributed by atoms with Crippen molar-refractivity contribution in [1.82, 2.24) is 0 Å². The molecule has 0 amide bonds. The summed E-state index contributed by atoms with van der Waals surface area (Å²) in [7, 11) is 0. The first-order valence-corrected chi connectivity index (χ1v) is 5.01. The Bertz CT molecular complexity index is 300. The molecule has 0 nitrogen and oxygen atoms in total.